The summed E-state index contributed by atoms with van der Waals surface area (Å²) in [6, 6.07) is 5.65. The van der Waals surface area contributed by atoms with E-state index in [1.165, 1.54) is 18.2 Å². The second kappa shape index (κ2) is 5.29. The molecule has 0 aromatic heterocycles. The number of nitro groups is 1. The zero-order valence-corrected chi connectivity index (χ0v) is 9.62. The minimum atomic E-state index is -0.794. The summed E-state index contributed by atoms with van der Waals surface area (Å²) in [4.78, 5) is 21.2. The molecule has 92 valence electrons. The molecule has 1 rings (SSSR count). The maximum absolute atomic E-state index is 11.1. The van der Waals surface area contributed by atoms with Gasteiger partial charge in [-0.2, -0.15) is 0 Å². The Morgan fingerprint density at radius 2 is 2.12 bits per heavy atom. The molecular formula is C11H14N2O4. The lowest BCUT2D eigenvalue weighted by Crippen LogP contribution is -2.37. The topological polar surface area (TPSA) is 95.5 Å². The predicted molar refractivity (Wildman–Crippen MR) is 61.5 cm³/mol. The molecule has 0 aliphatic rings. The lowest BCUT2D eigenvalue weighted by Gasteiger charge is -2.18. The van der Waals surface area contributed by atoms with Gasteiger partial charge < -0.3 is 10.5 Å². The normalized spacial score (nSPS) is 12.2. The Hall–Kier alpha value is -2.11. The summed E-state index contributed by atoms with van der Waals surface area (Å²) >= 11 is 0. The average molecular weight is 238 g/mol. The number of carbonyl (C=O) groups is 1. The Bertz CT molecular complexity index is 431. The molecule has 0 heterocycles. The molecule has 0 fully saturated rings. The average Bonchev–Trinajstić information content (AvgIpc) is 2.25. The van der Waals surface area contributed by atoms with Gasteiger partial charge in [-0.1, -0.05) is 19.9 Å². The van der Waals surface area contributed by atoms with E-state index >= 15 is 0 Å². The van der Waals surface area contributed by atoms with E-state index in [0.717, 1.165) is 0 Å². The number of primary amides is 1. The largest absolute Gasteiger partial charge is 0.480 e. The molecule has 0 aliphatic carbocycles. The van der Waals surface area contributed by atoms with Gasteiger partial charge in [0.1, 0.15) is 5.75 Å². The van der Waals surface area contributed by atoms with Gasteiger partial charge in [-0.25, -0.2) is 0 Å². The number of rotatable bonds is 5. The first-order chi connectivity index (χ1) is 7.91. The summed E-state index contributed by atoms with van der Waals surface area (Å²) in [5, 5.41) is 10.6. The summed E-state index contributed by atoms with van der Waals surface area (Å²) in [6.07, 6.45) is -0.794. The Kier molecular flexibility index (Phi) is 4.03. The molecule has 17 heavy (non-hydrogen) atoms. The van der Waals surface area contributed by atoms with Crippen molar-refractivity contribution in [3.63, 3.8) is 0 Å². The summed E-state index contributed by atoms with van der Waals surface area (Å²) in [5.41, 5.74) is 5.10. The molecule has 0 aliphatic heterocycles. The van der Waals surface area contributed by atoms with Crippen LogP contribution in [0, 0.1) is 16.0 Å². The van der Waals surface area contributed by atoms with Crippen LogP contribution in [0.25, 0.3) is 0 Å². The van der Waals surface area contributed by atoms with Crippen LogP contribution in [-0.4, -0.2) is 16.9 Å². The number of non-ortho nitro benzene ring substituents is 1. The van der Waals surface area contributed by atoms with Crippen LogP contribution in [-0.2, 0) is 4.79 Å². The number of amides is 1. The highest BCUT2D eigenvalue weighted by Crippen LogP contribution is 2.21. The molecule has 0 bridgehead atoms. The van der Waals surface area contributed by atoms with E-state index in [9.17, 15) is 14.9 Å². The Morgan fingerprint density at radius 3 is 2.59 bits per heavy atom. The maximum Gasteiger partial charge on any atom is 0.273 e. The van der Waals surface area contributed by atoms with Crippen molar-refractivity contribution in [3.05, 3.63) is 34.4 Å². The second-order valence-electron chi connectivity index (χ2n) is 3.94. The third-order valence-electron chi connectivity index (χ3n) is 2.18. The molecule has 6 heteroatoms. The van der Waals surface area contributed by atoms with E-state index in [0.29, 0.717) is 0 Å². The number of benzene rings is 1. The van der Waals surface area contributed by atoms with Gasteiger partial charge in [-0.15, -0.1) is 0 Å². The monoisotopic (exact) mass is 238 g/mol. The molecule has 2 N–H and O–H groups in total. The first-order valence-corrected chi connectivity index (χ1v) is 5.12. The number of carbonyl (C=O) groups excluding carboxylic acids is 1. The fourth-order valence-corrected chi connectivity index (χ4v) is 1.34. The van der Waals surface area contributed by atoms with Gasteiger partial charge in [-0.3, -0.25) is 14.9 Å². The molecule has 1 aromatic rings. The van der Waals surface area contributed by atoms with E-state index in [2.05, 4.69) is 0 Å². The van der Waals surface area contributed by atoms with Gasteiger partial charge in [0.2, 0.25) is 0 Å². The van der Waals surface area contributed by atoms with Gasteiger partial charge in [-0.05, 0) is 12.0 Å². The van der Waals surface area contributed by atoms with Crippen molar-refractivity contribution >= 4 is 11.6 Å². The minimum absolute atomic E-state index is 0.0884. The van der Waals surface area contributed by atoms with Gasteiger partial charge in [0, 0.05) is 6.07 Å². The van der Waals surface area contributed by atoms with Crippen molar-refractivity contribution < 1.29 is 14.5 Å². The van der Waals surface area contributed by atoms with Crippen molar-refractivity contribution in [1.29, 1.82) is 0 Å². The van der Waals surface area contributed by atoms with E-state index < -0.39 is 16.9 Å². The Morgan fingerprint density at radius 1 is 1.47 bits per heavy atom. The number of nitro benzene ring substituents is 1. The van der Waals surface area contributed by atoms with Gasteiger partial charge in [0.15, 0.2) is 6.10 Å². The van der Waals surface area contributed by atoms with Gasteiger partial charge in [0.25, 0.3) is 11.6 Å². The molecule has 1 aromatic carbocycles. The van der Waals surface area contributed by atoms with Crippen LogP contribution >= 0.6 is 0 Å². The van der Waals surface area contributed by atoms with Gasteiger partial charge in [0.05, 0.1) is 11.0 Å². The summed E-state index contributed by atoms with van der Waals surface area (Å²) < 4.78 is 5.35. The van der Waals surface area contributed by atoms with Crippen LogP contribution in [0.2, 0.25) is 0 Å². The molecule has 1 unspecified atom stereocenters. The molecule has 0 saturated heterocycles. The highest BCUT2D eigenvalue weighted by molar-refractivity contribution is 5.79. The van der Waals surface area contributed by atoms with Crippen LogP contribution in [0.4, 0.5) is 5.69 Å². The third kappa shape index (κ3) is 3.44. The van der Waals surface area contributed by atoms with E-state index in [1.807, 2.05) is 0 Å². The summed E-state index contributed by atoms with van der Waals surface area (Å²) in [7, 11) is 0. The molecule has 0 spiro atoms. The van der Waals surface area contributed by atoms with E-state index in [-0.39, 0.29) is 17.4 Å². The molecule has 0 saturated carbocycles. The molecule has 0 radical (unpaired) electrons. The predicted octanol–water partition coefficient (Wildman–Crippen LogP) is 1.48. The lowest BCUT2D eigenvalue weighted by atomic mass is 10.1. The zero-order valence-electron chi connectivity index (χ0n) is 9.62. The van der Waals surface area contributed by atoms with E-state index in [1.54, 1.807) is 19.9 Å². The van der Waals surface area contributed by atoms with Crippen LogP contribution in [0.5, 0.6) is 5.75 Å². The quantitative estimate of drug-likeness (QED) is 0.620. The van der Waals surface area contributed by atoms with Crippen molar-refractivity contribution in [2.75, 3.05) is 0 Å². The van der Waals surface area contributed by atoms with Crippen molar-refractivity contribution in [1.82, 2.24) is 0 Å². The van der Waals surface area contributed by atoms with Crippen LogP contribution in [0.1, 0.15) is 13.8 Å². The number of nitrogens with zero attached hydrogens (tertiary/aromatic N) is 1. The van der Waals surface area contributed by atoms with Crippen LogP contribution in [0.15, 0.2) is 24.3 Å². The maximum atomic E-state index is 11.1. The number of hydrogen-bond donors (Lipinski definition) is 1. The first kappa shape index (κ1) is 13.0. The van der Waals surface area contributed by atoms with E-state index in [4.69, 9.17) is 10.5 Å². The van der Waals surface area contributed by atoms with Crippen molar-refractivity contribution in [2.45, 2.75) is 20.0 Å². The lowest BCUT2D eigenvalue weighted by molar-refractivity contribution is -0.385. The summed E-state index contributed by atoms with van der Waals surface area (Å²) in [6.45, 7) is 3.57. The van der Waals surface area contributed by atoms with Crippen LogP contribution in [0.3, 0.4) is 0 Å². The fourth-order valence-electron chi connectivity index (χ4n) is 1.34. The fraction of sp³-hybridized carbons (Fsp3) is 0.364. The van der Waals surface area contributed by atoms with Crippen molar-refractivity contribution in [2.24, 2.45) is 11.7 Å². The highest BCUT2D eigenvalue weighted by atomic mass is 16.6. The molecule has 6 nitrogen and oxygen atoms in total. The standard InChI is InChI=1S/C11H14N2O4/c1-7(2)10(11(12)14)17-9-5-3-4-8(6-9)13(15)16/h3-7,10H,1-2H3,(H2,12,14). The molecule has 1 atom stereocenters. The first-order valence-electron chi connectivity index (χ1n) is 5.12. The third-order valence-corrected chi connectivity index (χ3v) is 2.18. The zero-order chi connectivity index (χ0) is 13.0. The van der Waals surface area contributed by atoms with Crippen molar-refractivity contribution in [3.8, 4) is 5.75 Å². The minimum Gasteiger partial charge on any atom is -0.480 e. The second-order valence-corrected chi connectivity index (χ2v) is 3.94. The summed E-state index contributed by atoms with van der Waals surface area (Å²) in [5.74, 6) is -0.435. The van der Waals surface area contributed by atoms with Crippen LogP contribution < -0.4 is 10.5 Å². The SMILES string of the molecule is CC(C)C(Oc1cccc([N+](=O)[O-])c1)C(N)=O. The highest BCUT2D eigenvalue weighted by Gasteiger charge is 2.22. The Balaban J connectivity index is 2.90. The van der Waals surface area contributed by atoms with Gasteiger partial charge >= 0.3 is 0 Å². The molecular weight excluding hydrogens is 224 g/mol. The number of hydrogen-bond acceptors (Lipinski definition) is 4. The smallest absolute Gasteiger partial charge is 0.273 e. The number of ether oxygens (including phenoxy) is 1. The number of nitrogens with two attached hydrogens (primary N) is 1. The molecule has 1 amide bonds. The Labute approximate surface area is 98.5 Å².